The maximum Gasteiger partial charge on any atom is 0.136 e. The van der Waals surface area contributed by atoms with Crippen LogP contribution in [0.3, 0.4) is 0 Å². The molecular weight excluding hydrogens is 692 g/mol. The van der Waals surface area contributed by atoms with Crippen LogP contribution in [0.25, 0.3) is 22.3 Å². The largest absolute Gasteiger partial charge is 0.314 e. The summed E-state index contributed by atoms with van der Waals surface area (Å²) in [6.07, 6.45) is 0. The van der Waals surface area contributed by atoms with Crippen LogP contribution in [0.2, 0.25) is 0 Å². The fraction of sp³-hybridized carbons (Fsp3) is 0.333. The molecule has 6 N–H and O–H groups in total. The van der Waals surface area contributed by atoms with Crippen molar-refractivity contribution in [3.05, 3.63) is 69.4 Å². The van der Waals surface area contributed by atoms with Crippen LogP contribution < -0.4 is 52.8 Å². The van der Waals surface area contributed by atoms with E-state index in [-0.39, 0.29) is 39.4 Å². The molecule has 2 saturated heterocycles. The van der Waals surface area contributed by atoms with E-state index in [0.29, 0.717) is 20.9 Å². The first kappa shape index (κ1) is 45.1. The molecule has 263 valence electrons. The molecule has 0 aliphatic carbocycles. The van der Waals surface area contributed by atoms with Crippen molar-refractivity contribution in [3.63, 3.8) is 0 Å². The number of nitrogens with zero attached hydrogens (tertiary/aromatic N) is 8. The molecule has 14 nitrogen and oxygen atoms in total. The average molecular weight is 730 g/mol. The molecular formula is C36H38CuN14. The van der Waals surface area contributed by atoms with Crippen LogP contribution >= 0.6 is 0 Å². The zero-order valence-corrected chi connectivity index (χ0v) is 28.9. The first-order valence-electron chi connectivity index (χ1n) is 15.7. The van der Waals surface area contributed by atoms with Gasteiger partial charge in [0, 0.05) is 116 Å². The van der Waals surface area contributed by atoms with E-state index in [9.17, 15) is 0 Å². The third-order valence-electron chi connectivity index (χ3n) is 6.69. The summed E-state index contributed by atoms with van der Waals surface area (Å²) in [4.78, 5) is 0. The fourth-order valence-corrected chi connectivity index (χ4v) is 4.03. The minimum atomic E-state index is 0. The molecule has 51 heavy (non-hydrogen) atoms. The van der Waals surface area contributed by atoms with Crippen LogP contribution in [0.15, 0.2) is 48.5 Å². The van der Waals surface area contributed by atoms with Crippen molar-refractivity contribution < 1.29 is 17.1 Å². The Balaban J connectivity index is 0.000000671. The second-order valence-electron chi connectivity index (χ2n) is 10.0. The van der Waals surface area contributed by atoms with E-state index in [1.807, 2.05) is 0 Å². The predicted molar refractivity (Wildman–Crippen MR) is 187 cm³/mol. The van der Waals surface area contributed by atoms with Gasteiger partial charge >= 0.3 is 0 Å². The molecule has 0 saturated carbocycles. The molecule has 0 spiro atoms. The van der Waals surface area contributed by atoms with E-state index in [4.69, 9.17) is 42.1 Å². The minimum absolute atomic E-state index is 0. The molecule has 4 rings (SSSR count). The average Bonchev–Trinajstić information content (AvgIpc) is 3.43. The van der Waals surface area contributed by atoms with E-state index in [0.717, 1.165) is 78.5 Å². The SMILES string of the molecule is C1CNCCNCCN1.C1CNCCNCCN1.N#CC(C#N)=c1ccc(=C(C#N)C#N)cc1.N#CC(C#N)=c1ccc(=C(C#N)C#N)cc1.[Cu]. The van der Waals surface area contributed by atoms with Crippen molar-refractivity contribution in [2.45, 2.75) is 0 Å². The number of nitriles is 8. The van der Waals surface area contributed by atoms with Gasteiger partial charge in [0.05, 0.1) is 0 Å². The van der Waals surface area contributed by atoms with Crippen LogP contribution in [-0.4, -0.2) is 78.5 Å². The van der Waals surface area contributed by atoms with Gasteiger partial charge in [-0.2, -0.15) is 42.1 Å². The van der Waals surface area contributed by atoms with Gasteiger partial charge in [-0.1, -0.05) is 48.5 Å². The van der Waals surface area contributed by atoms with E-state index >= 15 is 0 Å². The smallest absolute Gasteiger partial charge is 0.136 e. The molecule has 0 atom stereocenters. The van der Waals surface area contributed by atoms with Gasteiger partial charge in [0.25, 0.3) is 0 Å². The van der Waals surface area contributed by atoms with Crippen molar-refractivity contribution in [1.29, 1.82) is 42.1 Å². The van der Waals surface area contributed by atoms with Gasteiger partial charge in [0.15, 0.2) is 0 Å². The molecule has 15 heteroatoms. The second-order valence-corrected chi connectivity index (χ2v) is 10.0. The van der Waals surface area contributed by atoms with E-state index < -0.39 is 0 Å². The number of nitrogens with one attached hydrogen (secondary N) is 6. The minimum Gasteiger partial charge on any atom is -0.314 e. The van der Waals surface area contributed by atoms with Crippen molar-refractivity contribution in [2.75, 3.05) is 78.5 Å². The van der Waals surface area contributed by atoms with Crippen molar-refractivity contribution in [1.82, 2.24) is 31.9 Å². The van der Waals surface area contributed by atoms with Gasteiger partial charge in [0.2, 0.25) is 0 Å². The number of benzene rings is 2. The summed E-state index contributed by atoms with van der Waals surface area (Å²) in [6.45, 7) is 13.2. The van der Waals surface area contributed by atoms with E-state index in [1.165, 1.54) is 48.5 Å². The van der Waals surface area contributed by atoms with Gasteiger partial charge in [-0.15, -0.1) is 0 Å². The maximum atomic E-state index is 8.63. The quantitative estimate of drug-likeness (QED) is 0.156. The maximum absolute atomic E-state index is 8.63. The molecule has 2 aliphatic heterocycles. The normalized spacial score (nSPS) is 13.3. The second kappa shape index (κ2) is 30.2. The third-order valence-corrected chi connectivity index (χ3v) is 6.69. The van der Waals surface area contributed by atoms with E-state index in [2.05, 4.69) is 31.9 Å². The number of hydrogen-bond acceptors (Lipinski definition) is 14. The van der Waals surface area contributed by atoms with Gasteiger partial charge < -0.3 is 31.9 Å². The summed E-state index contributed by atoms with van der Waals surface area (Å²) >= 11 is 0. The summed E-state index contributed by atoms with van der Waals surface area (Å²) in [6, 6.07) is 26.4. The van der Waals surface area contributed by atoms with Gasteiger partial charge in [-0.25, -0.2) is 0 Å². The molecule has 0 amide bonds. The Morgan fingerprint density at radius 3 is 0.510 bits per heavy atom. The molecule has 0 unspecified atom stereocenters. The van der Waals surface area contributed by atoms with Crippen LogP contribution in [0.5, 0.6) is 0 Å². The van der Waals surface area contributed by atoms with Crippen LogP contribution in [0.4, 0.5) is 0 Å². The zero-order valence-electron chi connectivity index (χ0n) is 28.0. The fourth-order valence-electron chi connectivity index (χ4n) is 4.03. The van der Waals surface area contributed by atoms with Gasteiger partial charge in [-0.3, -0.25) is 0 Å². The van der Waals surface area contributed by atoms with Crippen LogP contribution in [0.1, 0.15) is 0 Å². The number of rotatable bonds is 0. The summed E-state index contributed by atoms with van der Waals surface area (Å²) in [7, 11) is 0. The Kier molecular flexibility index (Phi) is 26.7. The Morgan fingerprint density at radius 2 is 0.412 bits per heavy atom. The predicted octanol–water partition coefficient (Wildman–Crippen LogP) is -2.30. The summed E-state index contributed by atoms with van der Waals surface area (Å²) in [5.41, 5.74) is 0.00746. The van der Waals surface area contributed by atoms with E-state index in [1.54, 1.807) is 48.6 Å². The first-order chi connectivity index (χ1) is 24.5. The molecule has 2 aromatic carbocycles. The molecule has 0 bridgehead atoms. The van der Waals surface area contributed by atoms with Gasteiger partial charge in [-0.05, 0) is 0 Å². The summed E-state index contributed by atoms with van der Waals surface area (Å²) < 4.78 is 0. The molecule has 0 aromatic heterocycles. The van der Waals surface area contributed by atoms with Crippen molar-refractivity contribution in [2.24, 2.45) is 0 Å². The Hall–Kier alpha value is -5.88. The monoisotopic (exact) mass is 729 g/mol. The zero-order chi connectivity index (χ0) is 36.7. The molecule has 2 aliphatic rings. The number of hydrogen-bond donors (Lipinski definition) is 6. The first-order valence-corrected chi connectivity index (χ1v) is 15.7. The van der Waals surface area contributed by atoms with Crippen molar-refractivity contribution >= 4 is 22.3 Å². The topological polar surface area (TPSA) is 262 Å². The third kappa shape index (κ3) is 19.0. The molecule has 2 fully saturated rings. The molecule has 2 aromatic rings. The summed E-state index contributed by atoms with van der Waals surface area (Å²) in [5, 5.41) is 90.8. The molecule has 2 heterocycles. The Bertz CT molecular complexity index is 1550. The standard InChI is InChI=1S/2C12H4N4.2C6H15N3.Cu/c2*13-5-11(6-14)9-1-2-10(4-3-9)12(7-15)8-16;2*1-2-8-5-6-9-4-3-7-1;/h2*1-4H;2*7-9H,1-6H2;. The van der Waals surface area contributed by atoms with Gasteiger partial charge in [0.1, 0.15) is 70.8 Å². The van der Waals surface area contributed by atoms with Crippen molar-refractivity contribution in [3.8, 4) is 48.6 Å². The molecule has 1 radical (unpaired) electrons. The van der Waals surface area contributed by atoms with Crippen LogP contribution in [-0.2, 0) is 17.1 Å². The summed E-state index contributed by atoms with van der Waals surface area (Å²) in [5.74, 6) is 0. The Morgan fingerprint density at radius 1 is 0.294 bits per heavy atom. The van der Waals surface area contributed by atoms with Crippen LogP contribution in [0, 0.1) is 90.6 Å². The Labute approximate surface area is 309 Å².